The van der Waals surface area contributed by atoms with Gasteiger partial charge in [0.15, 0.2) is 0 Å². The molecular weight excluding hydrogens is 130 g/mol. The Morgan fingerprint density at radius 3 is 2.60 bits per heavy atom. The minimum Gasteiger partial charge on any atom is -0.391 e. The van der Waals surface area contributed by atoms with Gasteiger partial charge >= 0.3 is 0 Å². The van der Waals surface area contributed by atoms with Crippen molar-refractivity contribution in [1.29, 1.82) is 0 Å². The van der Waals surface area contributed by atoms with Gasteiger partial charge < -0.3 is 15.5 Å². The van der Waals surface area contributed by atoms with Crippen molar-refractivity contribution in [3.05, 3.63) is 0 Å². The lowest BCUT2D eigenvalue weighted by molar-refractivity contribution is 0.0524. The molecule has 3 heteroatoms. The van der Waals surface area contributed by atoms with Gasteiger partial charge in [-0.1, -0.05) is 0 Å². The summed E-state index contributed by atoms with van der Waals surface area (Å²) in [6.45, 7) is 0. The van der Waals surface area contributed by atoms with Gasteiger partial charge in [-0.25, -0.2) is 0 Å². The van der Waals surface area contributed by atoms with Crippen molar-refractivity contribution in [2.45, 2.75) is 43.6 Å². The fourth-order valence-corrected chi connectivity index (χ4v) is 2.01. The number of hydrogen-bond donors (Lipinski definition) is 3. The SMILES string of the molecule is O[C@@H]1CCC2C[C@@H](O)C1N2. The van der Waals surface area contributed by atoms with E-state index in [2.05, 4.69) is 5.32 Å². The first-order valence-corrected chi connectivity index (χ1v) is 3.89. The lowest BCUT2D eigenvalue weighted by Crippen LogP contribution is -2.46. The number of rotatable bonds is 0. The fraction of sp³-hybridized carbons (Fsp3) is 1.00. The van der Waals surface area contributed by atoms with Crippen molar-refractivity contribution in [2.24, 2.45) is 0 Å². The van der Waals surface area contributed by atoms with Crippen LogP contribution in [0.2, 0.25) is 0 Å². The molecule has 2 aliphatic rings. The summed E-state index contributed by atoms with van der Waals surface area (Å²) in [6.07, 6.45) is 2.03. The standard InChI is InChI=1S/C7H13NO2/c9-5-2-1-4-3-6(10)7(5)8-4/h4-10H,1-3H2/t4?,5-,6-,7?/m1/s1. The van der Waals surface area contributed by atoms with Crippen LogP contribution >= 0.6 is 0 Å². The van der Waals surface area contributed by atoms with Gasteiger partial charge in [0.2, 0.25) is 0 Å². The van der Waals surface area contributed by atoms with Crippen molar-refractivity contribution < 1.29 is 10.2 Å². The molecule has 2 aliphatic heterocycles. The first kappa shape index (κ1) is 6.58. The van der Waals surface area contributed by atoms with Gasteiger partial charge in [-0.3, -0.25) is 0 Å². The second kappa shape index (κ2) is 2.19. The second-order valence-corrected chi connectivity index (χ2v) is 3.34. The Kier molecular flexibility index (Phi) is 1.44. The normalized spacial score (nSPS) is 53.4. The van der Waals surface area contributed by atoms with E-state index in [-0.39, 0.29) is 18.2 Å². The zero-order chi connectivity index (χ0) is 7.14. The number of aliphatic hydroxyl groups is 2. The second-order valence-electron chi connectivity index (χ2n) is 3.34. The molecule has 0 amide bonds. The monoisotopic (exact) mass is 143 g/mol. The quantitative estimate of drug-likeness (QED) is 0.417. The summed E-state index contributed by atoms with van der Waals surface area (Å²) in [5.41, 5.74) is 0. The molecule has 0 saturated carbocycles. The molecule has 2 rings (SSSR count). The van der Waals surface area contributed by atoms with E-state index < -0.39 is 0 Å². The third-order valence-electron chi connectivity index (χ3n) is 2.59. The third kappa shape index (κ3) is 0.856. The van der Waals surface area contributed by atoms with Crippen molar-refractivity contribution in [2.75, 3.05) is 0 Å². The summed E-state index contributed by atoms with van der Waals surface area (Å²) in [5.74, 6) is 0. The number of piperidine rings is 1. The van der Waals surface area contributed by atoms with Crippen molar-refractivity contribution in [3.8, 4) is 0 Å². The molecule has 0 spiro atoms. The van der Waals surface area contributed by atoms with Gasteiger partial charge in [0.1, 0.15) is 0 Å². The van der Waals surface area contributed by atoms with Crippen LogP contribution in [0.4, 0.5) is 0 Å². The van der Waals surface area contributed by atoms with Gasteiger partial charge in [-0.05, 0) is 19.3 Å². The lowest BCUT2D eigenvalue weighted by Gasteiger charge is -2.26. The maximum Gasteiger partial charge on any atom is 0.0733 e. The summed E-state index contributed by atoms with van der Waals surface area (Å²) >= 11 is 0. The topological polar surface area (TPSA) is 52.5 Å². The van der Waals surface area contributed by atoms with E-state index in [1.54, 1.807) is 0 Å². The Balaban J connectivity index is 2.10. The molecule has 2 bridgehead atoms. The molecule has 0 aromatic rings. The minimum atomic E-state index is -0.325. The van der Waals surface area contributed by atoms with Crippen LogP contribution in [0.25, 0.3) is 0 Å². The van der Waals surface area contributed by atoms with E-state index in [0.29, 0.717) is 6.04 Å². The predicted octanol–water partition coefficient (Wildman–Crippen LogP) is -0.768. The van der Waals surface area contributed by atoms with E-state index in [9.17, 15) is 10.2 Å². The van der Waals surface area contributed by atoms with Crippen LogP contribution in [-0.2, 0) is 0 Å². The van der Waals surface area contributed by atoms with E-state index in [1.807, 2.05) is 0 Å². The Morgan fingerprint density at radius 1 is 1.10 bits per heavy atom. The number of nitrogens with one attached hydrogen (secondary N) is 1. The Hall–Kier alpha value is -0.120. The van der Waals surface area contributed by atoms with Crippen LogP contribution < -0.4 is 5.32 Å². The predicted molar refractivity (Wildman–Crippen MR) is 36.6 cm³/mol. The highest BCUT2D eigenvalue weighted by Gasteiger charge is 2.40. The largest absolute Gasteiger partial charge is 0.391 e. The van der Waals surface area contributed by atoms with Gasteiger partial charge in [-0.2, -0.15) is 0 Å². The molecule has 2 fully saturated rings. The van der Waals surface area contributed by atoms with Crippen LogP contribution in [0.5, 0.6) is 0 Å². The van der Waals surface area contributed by atoms with E-state index in [1.165, 1.54) is 0 Å². The van der Waals surface area contributed by atoms with Crippen molar-refractivity contribution in [3.63, 3.8) is 0 Å². The summed E-state index contributed by atoms with van der Waals surface area (Å²) in [5, 5.41) is 21.9. The molecule has 4 atom stereocenters. The smallest absolute Gasteiger partial charge is 0.0733 e. The number of aliphatic hydroxyl groups excluding tert-OH is 2. The summed E-state index contributed by atoms with van der Waals surface area (Å²) in [4.78, 5) is 0. The average Bonchev–Trinajstić information content (AvgIpc) is 2.21. The molecular formula is C7H13NO2. The van der Waals surface area contributed by atoms with E-state index in [0.717, 1.165) is 19.3 Å². The van der Waals surface area contributed by atoms with Crippen LogP contribution in [0.1, 0.15) is 19.3 Å². The molecule has 2 saturated heterocycles. The molecule has 0 radical (unpaired) electrons. The molecule has 2 heterocycles. The average molecular weight is 143 g/mol. The van der Waals surface area contributed by atoms with Gasteiger partial charge in [0, 0.05) is 6.04 Å². The molecule has 0 aliphatic carbocycles. The lowest BCUT2D eigenvalue weighted by atomic mass is 10.0. The zero-order valence-corrected chi connectivity index (χ0v) is 5.83. The van der Waals surface area contributed by atoms with Gasteiger partial charge in [0.25, 0.3) is 0 Å². The zero-order valence-electron chi connectivity index (χ0n) is 5.83. The van der Waals surface area contributed by atoms with Crippen LogP contribution in [0, 0.1) is 0 Å². The maximum atomic E-state index is 9.35. The van der Waals surface area contributed by atoms with Gasteiger partial charge in [0.05, 0.1) is 18.2 Å². The van der Waals surface area contributed by atoms with Crippen molar-refractivity contribution in [1.82, 2.24) is 5.32 Å². The first-order chi connectivity index (χ1) is 4.77. The fourth-order valence-electron chi connectivity index (χ4n) is 2.01. The Morgan fingerprint density at radius 2 is 1.90 bits per heavy atom. The first-order valence-electron chi connectivity index (χ1n) is 3.89. The minimum absolute atomic E-state index is 0.0428. The highest BCUT2D eigenvalue weighted by atomic mass is 16.3. The highest BCUT2D eigenvalue weighted by molar-refractivity contribution is 4.99. The molecule has 3 N–H and O–H groups in total. The van der Waals surface area contributed by atoms with E-state index >= 15 is 0 Å². The molecule has 2 unspecified atom stereocenters. The summed E-state index contributed by atoms with van der Waals surface area (Å²) in [6, 6.07) is 0.419. The van der Waals surface area contributed by atoms with Crippen molar-refractivity contribution >= 4 is 0 Å². The Labute approximate surface area is 60.1 Å². The number of fused-ring (bicyclic) bond motifs is 2. The molecule has 0 aromatic heterocycles. The Bertz CT molecular complexity index is 136. The highest BCUT2D eigenvalue weighted by Crippen LogP contribution is 2.26. The maximum absolute atomic E-state index is 9.35. The molecule has 10 heavy (non-hydrogen) atoms. The van der Waals surface area contributed by atoms with Crippen LogP contribution in [0.15, 0.2) is 0 Å². The molecule has 3 nitrogen and oxygen atoms in total. The van der Waals surface area contributed by atoms with E-state index in [4.69, 9.17) is 0 Å². The molecule has 58 valence electrons. The summed E-state index contributed by atoms with van der Waals surface area (Å²) in [7, 11) is 0. The number of hydrogen-bond acceptors (Lipinski definition) is 3. The van der Waals surface area contributed by atoms with Gasteiger partial charge in [-0.15, -0.1) is 0 Å². The molecule has 0 aromatic carbocycles. The third-order valence-corrected chi connectivity index (χ3v) is 2.59. The van der Waals surface area contributed by atoms with Crippen LogP contribution in [0.3, 0.4) is 0 Å². The summed E-state index contributed by atoms with van der Waals surface area (Å²) < 4.78 is 0. The van der Waals surface area contributed by atoms with Crippen LogP contribution in [-0.4, -0.2) is 34.5 Å².